The minimum atomic E-state index is 1.00. The highest BCUT2D eigenvalue weighted by atomic mass is 27.0. The Morgan fingerprint density at radius 3 is 2.47 bits per heavy atom. The van der Waals surface area contributed by atoms with Crippen molar-refractivity contribution in [3.8, 4) is 11.1 Å². The summed E-state index contributed by atoms with van der Waals surface area (Å²) in [6, 6.07) is 18.9. The molecule has 3 aromatic rings. The first-order valence-electron chi connectivity index (χ1n) is 5.54. The Kier molecular flexibility index (Phi) is 2.68. The van der Waals surface area contributed by atoms with Crippen LogP contribution in [-0.2, 0) is 0 Å². The molecule has 1 heterocycles. The molecule has 0 atom stereocenters. The summed E-state index contributed by atoms with van der Waals surface area (Å²) in [6.45, 7) is 0. The van der Waals surface area contributed by atoms with Crippen LogP contribution in [0.2, 0.25) is 0 Å². The number of fused-ring (bicyclic) bond motifs is 1. The van der Waals surface area contributed by atoms with Crippen molar-refractivity contribution >= 4 is 31.6 Å². The van der Waals surface area contributed by atoms with Gasteiger partial charge in [-0.05, 0) is 34.0 Å². The van der Waals surface area contributed by atoms with Gasteiger partial charge in [0.05, 0.1) is 0 Å². The normalized spacial score (nSPS) is 10.6. The van der Waals surface area contributed by atoms with Crippen molar-refractivity contribution < 1.29 is 0 Å². The number of pyridine rings is 1. The molecule has 0 N–H and O–H groups in total. The maximum Gasteiger partial charge on any atom is 0.210 e. The number of rotatable bonds is 1. The monoisotopic (exact) mass is 231 g/mol. The molecule has 17 heavy (non-hydrogen) atoms. The maximum atomic E-state index is 4.31. The van der Waals surface area contributed by atoms with Crippen molar-refractivity contribution in [2.75, 3.05) is 0 Å². The number of benzene rings is 2. The molecule has 0 saturated heterocycles. The van der Waals surface area contributed by atoms with Crippen molar-refractivity contribution in [2.24, 2.45) is 0 Å². The van der Waals surface area contributed by atoms with E-state index in [2.05, 4.69) is 63.7 Å². The second kappa shape index (κ2) is 4.33. The molecule has 2 heteroatoms. The molecule has 0 spiro atoms. The SMILES string of the molecule is [Al][c]1nccc2ccc(-c3ccccc3)cc12. The maximum absolute atomic E-state index is 4.31. The minimum absolute atomic E-state index is 1.00. The predicted molar refractivity (Wildman–Crippen MR) is 72.6 cm³/mol. The molecule has 78 valence electrons. The van der Waals surface area contributed by atoms with Crippen molar-refractivity contribution in [3.63, 3.8) is 0 Å². The largest absolute Gasteiger partial charge is 0.282 e. The van der Waals surface area contributed by atoms with Crippen LogP contribution in [0.15, 0.2) is 60.8 Å². The fourth-order valence-corrected chi connectivity index (χ4v) is 2.34. The molecule has 2 aromatic carbocycles. The second-order valence-electron chi connectivity index (χ2n) is 4.00. The summed E-state index contributed by atoms with van der Waals surface area (Å²) in [7, 11) is 0. The van der Waals surface area contributed by atoms with Gasteiger partial charge in [0.25, 0.3) is 0 Å². The van der Waals surface area contributed by atoms with Gasteiger partial charge in [-0.1, -0.05) is 47.0 Å². The van der Waals surface area contributed by atoms with Crippen LogP contribution in [-0.4, -0.2) is 21.3 Å². The van der Waals surface area contributed by atoms with Gasteiger partial charge in [-0.25, -0.2) is 0 Å². The molecule has 0 unspecified atom stereocenters. The van der Waals surface area contributed by atoms with Gasteiger partial charge in [-0.15, -0.1) is 0 Å². The first-order chi connectivity index (χ1) is 8.34. The standard InChI is InChI=1S/C15H10N.Al/c1-2-4-12(5-3-1)14-7-6-13-8-9-16-11-15(13)10-14;/h1-10H;. The van der Waals surface area contributed by atoms with Crippen molar-refractivity contribution in [2.45, 2.75) is 0 Å². The van der Waals surface area contributed by atoms with Crippen LogP contribution in [0.4, 0.5) is 0 Å². The van der Waals surface area contributed by atoms with Crippen LogP contribution >= 0.6 is 0 Å². The topological polar surface area (TPSA) is 12.9 Å². The van der Waals surface area contributed by atoms with E-state index in [0.717, 1.165) is 4.56 Å². The lowest BCUT2D eigenvalue weighted by molar-refractivity contribution is 1.42. The smallest absolute Gasteiger partial charge is 0.210 e. The Morgan fingerprint density at radius 1 is 0.824 bits per heavy atom. The van der Waals surface area contributed by atoms with Gasteiger partial charge < -0.3 is 0 Å². The highest BCUT2D eigenvalue weighted by Crippen LogP contribution is 2.22. The number of hydrogen-bond donors (Lipinski definition) is 0. The van der Waals surface area contributed by atoms with Crippen LogP contribution in [0.5, 0.6) is 0 Å². The quantitative estimate of drug-likeness (QED) is 0.587. The molecule has 0 bridgehead atoms. The molecule has 0 aliphatic carbocycles. The molecule has 0 saturated carbocycles. The highest BCUT2D eigenvalue weighted by Gasteiger charge is 2.00. The Morgan fingerprint density at radius 2 is 1.65 bits per heavy atom. The minimum Gasteiger partial charge on any atom is -0.282 e. The lowest BCUT2D eigenvalue weighted by Crippen LogP contribution is -2.08. The van der Waals surface area contributed by atoms with Crippen molar-refractivity contribution in [3.05, 3.63) is 60.8 Å². The third-order valence-corrected chi connectivity index (χ3v) is 3.36. The Bertz CT molecular complexity index is 662. The van der Waals surface area contributed by atoms with Gasteiger partial charge in [0.15, 0.2) is 0 Å². The average Bonchev–Trinajstić information content (AvgIpc) is 2.40. The summed E-state index contributed by atoms with van der Waals surface area (Å²) in [6.07, 6.45) is 1.84. The third kappa shape index (κ3) is 1.98. The van der Waals surface area contributed by atoms with Gasteiger partial charge in [0.2, 0.25) is 16.3 Å². The lowest BCUT2D eigenvalue weighted by atomic mass is 10.0. The van der Waals surface area contributed by atoms with E-state index in [-0.39, 0.29) is 0 Å². The van der Waals surface area contributed by atoms with E-state index in [9.17, 15) is 0 Å². The fourth-order valence-electron chi connectivity index (χ4n) is 2.00. The van der Waals surface area contributed by atoms with Gasteiger partial charge in [-0.3, -0.25) is 4.98 Å². The first kappa shape index (κ1) is 10.5. The zero-order chi connectivity index (χ0) is 11.7. The van der Waals surface area contributed by atoms with E-state index >= 15 is 0 Å². The van der Waals surface area contributed by atoms with E-state index in [1.807, 2.05) is 18.3 Å². The first-order valence-corrected chi connectivity index (χ1v) is 6.12. The third-order valence-electron chi connectivity index (χ3n) is 2.90. The van der Waals surface area contributed by atoms with E-state index < -0.39 is 0 Å². The molecule has 2 radical (unpaired) electrons. The van der Waals surface area contributed by atoms with Gasteiger partial charge in [0.1, 0.15) is 0 Å². The van der Waals surface area contributed by atoms with E-state index in [0.29, 0.717) is 0 Å². The second-order valence-corrected chi connectivity index (χ2v) is 4.55. The van der Waals surface area contributed by atoms with Crippen LogP contribution in [0, 0.1) is 0 Å². The molecular formula is C15H10AlN. The average molecular weight is 231 g/mol. The molecule has 1 aromatic heterocycles. The molecular weight excluding hydrogens is 221 g/mol. The molecule has 0 aliphatic heterocycles. The summed E-state index contributed by atoms with van der Waals surface area (Å²) in [5, 5.41) is 2.42. The summed E-state index contributed by atoms with van der Waals surface area (Å²) >= 11 is 2.69. The summed E-state index contributed by atoms with van der Waals surface area (Å²) in [5.74, 6) is 0. The summed E-state index contributed by atoms with van der Waals surface area (Å²) in [5.41, 5.74) is 2.47. The molecule has 0 amide bonds. The molecule has 3 rings (SSSR count). The molecule has 1 nitrogen and oxygen atoms in total. The van der Waals surface area contributed by atoms with Gasteiger partial charge in [0, 0.05) is 6.20 Å². The molecule has 0 fully saturated rings. The predicted octanol–water partition coefficient (Wildman–Crippen LogP) is 2.70. The van der Waals surface area contributed by atoms with E-state index in [1.54, 1.807) is 0 Å². The Hall–Kier alpha value is -1.62. The molecule has 0 aliphatic rings. The van der Waals surface area contributed by atoms with Gasteiger partial charge >= 0.3 is 0 Å². The van der Waals surface area contributed by atoms with E-state index in [4.69, 9.17) is 0 Å². The summed E-state index contributed by atoms with van der Waals surface area (Å²) in [4.78, 5) is 4.31. The number of hydrogen-bond acceptors (Lipinski definition) is 1. The Balaban J connectivity index is 2.23. The van der Waals surface area contributed by atoms with Crippen molar-refractivity contribution in [1.82, 2.24) is 4.98 Å². The van der Waals surface area contributed by atoms with Crippen molar-refractivity contribution in [1.29, 1.82) is 0 Å². The van der Waals surface area contributed by atoms with Crippen LogP contribution < -0.4 is 4.56 Å². The van der Waals surface area contributed by atoms with Crippen LogP contribution in [0.1, 0.15) is 0 Å². The number of aromatic nitrogens is 1. The van der Waals surface area contributed by atoms with Gasteiger partial charge in [-0.2, -0.15) is 0 Å². The van der Waals surface area contributed by atoms with E-state index in [1.165, 1.54) is 21.9 Å². The highest BCUT2D eigenvalue weighted by molar-refractivity contribution is 6.37. The van der Waals surface area contributed by atoms with Crippen LogP contribution in [0.3, 0.4) is 0 Å². The Labute approximate surface area is 109 Å². The zero-order valence-corrected chi connectivity index (χ0v) is 10.5. The lowest BCUT2D eigenvalue weighted by Gasteiger charge is -2.06. The number of nitrogens with zero attached hydrogens (tertiary/aromatic N) is 1. The van der Waals surface area contributed by atoms with Crippen LogP contribution in [0.25, 0.3) is 21.9 Å². The summed E-state index contributed by atoms with van der Waals surface area (Å²) < 4.78 is 1.00. The zero-order valence-electron chi connectivity index (χ0n) is 9.30. The fraction of sp³-hybridized carbons (Fsp3) is 0.